The molecule has 0 saturated carbocycles. The standard InChI is InChI=1S/C16H13F3N6O/c1-8(7-26)24-15-23-4-9(3-20)13(25-15)12-6-22-14-11(12)2-10(5-21-14)16(17,18)19/h2,4-6,8,26H,7H2,1H3,(H,21,22)(H,23,24,25). The Morgan fingerprint density at radius 2 is 2.12 bits per heavy atom. The molecule has 0 aliphatic rings. The van der Waals surface area contributed by atoms with E-state index in [1.54, 1.807) is 6.92 Å². The van der Waals surface area contributed by atoms with E-state index >= 15 is 0 Å². The number of aliphatic hydroxyl groups is 1. The molecule has 3 N–H and O–H groups in total. The van der Waals surface area contributed by atoms with Crippen molar-refractivity contribution in [3.8, 4) is 17.3 Å². The minimum absolute atomic E-state index is 0.102. The van der Waals surface area contributed by atoms with Crippen molar-refractivity contribution in [2.24, 2.45) is 0 Å². The molecule has 0 aliphatic carbocycles. The second-order valence-corrected chi connectivity index (χ2v) is 5.62. The molecule has 7 nitrogen and oxygen atoms in total. The highest BCUT2D eigenvalue weighted by atomic mass is 19.4. The Labute approximate surface area is 145 Å². The molecule has 1 unspecified atom stereocenters. The van der Waals surface area contributed by atoms with Gasteiger partial charge in [-0.05, 0) is 13.0 Å². The Morgan fingerprint density at radius 1 is 1.35 bits per heavy atom. The largest absolute Gasteiger partial charge is 0.417 e. The van der Waals surface area contributed by atoms with Crippen molar-refractivity contribution >= 4 is 17.0 Å². The molecule has 3 aromatic heterocycles. The summed E-state index contributed by atoms with van der Waals surface area (Å²) in [6, 6.07) is 2.55. The molecule has 3 heterocycles. The van der Waals surface area contributed by atoms with Gasteiger partial charge in [0.15, 0.2) is 0 Å². The second kappa shape index (κ2) is 6.61. The van der Waals surface area contributed by atoms with E-state index in [9.17, 15) is 18.4 Å². The van der Waals surface area contributed by atoms with Gasteiger partial charge in [-0.25, -0.2) is 15.0 Å². The number of alkyl halides is 3. The van der Waals surface area contributed by atoms with E-state index in [0.29, 0.717) is 5.56 Å². The van der Waals surface area contributed by atoms with Crippen LogP contribution in [0.1, 0.15) is 18.1 Å². The molecular formula is C16H13F3N6O. The molecule has 0 bridgehead atoms. The van der Waals surface area contributed by atoms with Crippen molar-refractivity contribution in [1.29, 1.82) is 5.26 Å². The highest BCUT2D eigenvalue weighted by Gasteiger charge is 2.31. The van der Waals surface area contributed by atoms with Crippen LogP contribution in [0.2, 0.25) is 0 Å². The zero-order valence-electron chi connectivity index (χ0n) is 13.5. The Bertz CT molecular complexity index is 992. The van der Waals surface area contributed by atoms with Gasteiger partial charge in [0.1, 0.15) is 11.7 Å². The third-order valence-corrected chi connectivity index (χ3v) is 3.67. The van der Waals surface area contributed by atoms with E-state index in [4.69, 9.17) is 5.11 Å². The van der Waals surface area contributed by atoms with Crippen LogP contribution in [0.5, 0.6) is 0 Å². The molecule has 3 rings (SSSR count). The lowest BCUT2D eigenvalue weighted by molar-refractivity contribution is -0.137. The summed E-state index contributed by atoms with van der Waals surface area (Å²) in [5.41, 5.74) is -0.0790. The molecule has 26 heavy (non-hydrogen) atoms. The van der Waals surface area contributed by atoms with Crippen molar-refractivity contribution in [3.63, 3.8) is 0 Å². The summed E-state index contributed by atoms with van der Waals surface area (Å²) in [7, 11) is 0. The van der Waals surface area contributed by atoms with Crippen LogP contribution >= 0.6 is 0 Å². The molecule has 0 amide bonds. The van der Waals surface area contributed by atoms with Crippen LogP contribution < -0.4 is 5.32 Å². The van der Waals surface area contributed by atoms with E-state index in [1.807, 2.05) is 6.07 Å². The first kappa shape index (κ1) is 17.6. The maximum absolute atomic E-state index is 13.0. The molecule has 134 valence electrons. The van der Waals surface area contributed by atoms with E-state index in [1.165, 1.54) is 12.4 Å². The normalized spacial score (nSPS) is 12.8. The molecule has 0 spiro atoms. The van der Waals surface area contributed by atoms with Gasteiger partial charge in [-0.15, -0.1) is 0 Å². The number of nitrogens with zero attached hydrogens (tertiary/aromatic N) is 4. The minimum Gasteiger partial charge on any atom is -0.394 e. The summed E-state index contributed by atoms with van der Waals surface area (Å²) in [5.74, 6) is 0.148. The van der Waals surface area contributed by atoms with Crippen LogP contribution in [0, 0.1) is 11.3 Å². The van der Waals surface area contributed by atoms with Crippen molar-refractivity contribution in [2.45, 2.75) is 19.1 Å². The van der Waals surface area contributed by atoms with E-state index < -0.39 is 11.7 Å². The van der Waals surface area contributed by atoms with Gasteiger partial charge < -0.3 is 15.4 Å². The fourth-order valence-electron chi connectivity index (χ4n) is 2.36. The summed E-state index contributed by atoms with van der Waals surface area (Å²) in [6.07, 6.45) is -1.08. The number of hydrogen-bond donors (Lipinski definition) is 3. The Hall–Kier alpha value is -3.19. The van der Waals surface area contributed by atoms with E-state index in [-0.39, 0.29) is 40.9 Å². The highest BCUT2D eigenvalue weighted by Crippen LogP contribution is 2.34. The van der Waals surface area contributed by atoms with Crippen molar-refractivity contribution in [3.05, 3.63) is 35.8 Å². The number of nitriles is 1. The van der Waals surface area contributed by atoms with Crippen LogP contribution in [-0.2, 0) is 6.18 Å². The first-order chi connectivity index (χ1) is 12.3. The number of nitrogens with one attached hydrogen (secondary N) is 2. The van der Waals surface area contributed by atoms with Crippen molar-refractivity contribution < 1.29 is 18.3 Å². The van der Waals surface area contributed by atoms with Gasteiger partial charge in [-0.3, -0.25) is 0 Å². The highest BCUT2D eigenvalue weighted by molar-refractivity contribution is 5.94. The monoisotopic (exact) mass is 362 g/mol. The van der Waals surface area contributed by atoms with Gasteiger partial charge in [0.25, 0.3) is 0 Å². The third-order valence-electron chi connectivity index (χ3n) is 3.67. The number of anilines is 1. The van der Waals surface area contributed by atoms with Crippen LogP contribution in [-0.4, -0.2) is 37.7 Å². The van der Waals surface area contributed by atoms with Crippen molar-refractivity contribution in [2.75, 3.05) is 11.9 Å². The molecule has 0 fully saturated rings. The van der Waals surface area contributed by atoms with Gasteiger partial charge in [-0.1, -0.05) is 0 Å². The summed E-state index contributed by atoms with van der Waals surface area (Å²) < 4.78 is 39.0. The van der Waals surface area contributed by atoms with Gasteiger partial charge in [-0.2, -0.15) is 18.4 Å². The number of aromatic nitrogens is 4. The molecule has 10 heteroatoms. The number of hydrogen-bond acceptors (Lipinski definition) is 6. The lowest BCUT2D eigenvalue weighted by atomic mass is 10.1. The van der Waals surface area contributed by atoms with E-state index in [0.717, 1.165) is 12.3 Å². The smallest absolute Gasteiger partial charge is 0.394 e. The van der Waals surface area contributed by atoms with E-state index in [2.05, 4.69) is 25.3 Å². The summed E-state index contributed by atoms with van der Waals surface area (Å²) in [4.78, 5) is 14.8. The predicted octanol–water partition coefficient (Wildman–Crippen LogP) is 2.70. The first-order valence-corrected chi connectivity index (χ1v) is 7.52. The average molecular weight is 362 g/mol. The molecular weight excluding hydrogens is 349 g/mol. The van der Waals surface area contributed by atoms with Crippen LogP contribution in [0.15, 0.2) is 24.7 Å². The molecule has 3 aromatic rings. The zero-order valence-corrected chi connectivity index (χ0v) is 13.5. The number of pyridine rings is 1. The van der Waals surface area contributed by atoms with Gasteiger partial charge >= 0.3 is 6.18 Å². The number of halogens is 3. The first-order valence-electron chi connectivity index (χ1n) is 7.52. The maximum atomic E-state index is 13.0. The summed E-state index contributed by atoms with van der Waals surface area (Å²) >= 11 is 0. The average Bonchev–Trinajstić information content (AvgIpc) is 3.03. The minimum atomic E-state index is -4.54. The number of aromatic amines is 1. The SMILES string of the molecule is CC(CO)Nc1ncc(C#N)c(-c2c[nH]c3ncc(C(F)(F)F)cc23)n1. The van der Waals surface area contributed by atoms with Crippen LogP contribution in [0.3, 0.4) is 0 Å². The number of aliphatic hydroxyl groups excluding tert-OH is 1. The second-order valence-electron chi connectivity index (χ2n) is 5.62. The third kappa shape index (κ3) is 3.29. The lowest BCUT2D eigenvalue weighted by Crippen LogP contribution is -2.21. The number of fused-ring (bicyclic) bond motifs is 1. The van der Waals surface area contributed by atoms with Crippen LogP contribution in [0.25, 0.3) is 22.3 Å². The van der Waals surface area contributed by atoms with Gasteiger partial charge in [0, 0.05) is 29.4 Å². The molecule has 1 atom stereocenters. The predicted molar refractivity (Wildman–Crippen MR) is 87.0 cm³/mol. The Balaban J connectivity index is 2.16. The number of rotatable bonds is 4. The lowest BCUT2D eigenvalue weighted by Gasteiger charge is -2.12. The Morgan fingerprint density at radius 3 is 2.77 bits per heavy atom. The fourth-order valence-corrected chi connectivity index (χ4v) is 2.36. The van der Waals surface area contributed by atoms with Crippen LogP contribution in [0.4, 0.5) is 19.1 Å². The zero-order chi connectivity index (χ0) is 18.9. The molecule has 0 radical (unpaired) electrons. The summed E-state index contributed by atoms with van der Waals surface area (Å²) in [5, 5.41) is 21.4. The molecule has 0 aliphatic heterocycles. The topological polar surface area (TPSA) is 111 Å². The molecule has 0 saturated heterocycles. The number of H-pyrrole nitrogens is 1. The fraction of sp³-hybridized carbons (Fsp3) is 0.250. The maximum Gasteiger partial charge on any atom is 0.417 e. The van der Waals surface area contributed by atoms with Gasteiger partial charge in [0.05, 0.1) is 29.6 Å². The quantitative estimate of drug-likeness (QED) is 0.658. The van der Waals surface area contributed by atoms with Crippen molar-refractivity contribution in [1.82, 2.24) is 19.9 Å². The molecule has 0 aromatic carbocycles. The summed E-state index contributed by atoms with van der Waals surface area (Å²) in [6.45, 7) is 1.54. The Kier molecular flexibility index (Phi) is 4.48. The van der Waals surface area contributed by atoms with Gasteiger partial charge in [0.2, 0.25) is 5.95 Å².